The molecule has 0 saturated carbocycles. The van der Waals surface area contributed by atoms with Gasteiger partial charge in [-0.25, -0.2) is 4.39 Å². The topological polar surface area (TPSA) is 12.0 Å². The van der Waals surface area contributed by atoms with Crippen molar-refractivity contribution in [3.05, 3.63) is 35.9 Å². The van der Waals surface area contributed by atoms with E-state index >= 15 is 0 Å². The third-order valence-electron chi connectivity index (χ3n) is 2.60. The summed E-state index contributed by atoms with van der Waals surface area (Å²) in [6, 6.07) is 10.1. The van der Waals surface area contributed by atoms with Crippen molar-refractivity contribution in [1.29, 1.82) is 0 Å². The molecule has 1 aromatic carbocycles. The first-order valence-electron chi connectivity index (χ1n) is 4.75. The van der Waals surface area contributed by atoms with Crippen molar-refractivity contribution in [2.24, 2.45) is 5.92 Å². The van der Waals surface area contributed by atoms with Gasteiger partial charge in [0.25, 0.3) is 0 Å². The van der Waals surface area contributed by atoms with Crippen LogP contribution in [0.25, 0.3) is 0 Å². The van der Waals surface area contributed by atoms with Crippen LogP contribution in [0.15, 0.2) is 30.3 Å². The van der Waals surface area contributed by atoms with Crippen LogP contribution in [0, 0.1) is 5.92 Å². The molecule has 2 atom stereocenters. The zero-order valence-electron chi connectivity index (χ0n) is 7.54. The Hall–Kier alpha value is -0.890. The van der Waals surface area contributed by atoms with Crippen LogP contribution in [-0.2, 0) is 6.42 Å². The molecular weight excluding hydrogens is 165 g/mol. The minimum atomic E-state index is -0.666. The molecule has 1 aliphatic heterocycles. The molecule has 1 aliphatic rings. The third kappa shape index (κ3) is 2.07. The van der Waals surface area contributed by atoms with E-state index in [-0.39, 0.29) is 5.92 Å². The van der Waals surface area contributed by atoms with Crippen LogP contribution in [0.3, 0.4) is 0 Å². The summed E-state index contributed by atoms with van der Waals surface area (Å²) in [4.78, 5) is 0. The highest BCUT2D eigenvalue weighted by Crippen LogP contribution is 2.17. The molecule has 1 saturated heterocycles. The van der Waals surface area contributed by atoms with E-state index in [4.69, 9.17) is 0 Å². The Morgan fingerprint density at radius 1 is 1.23 bits per heavy atom. The molecule has 1 N–H and O–H groups in total. The predicted octanol–water partition coefficient (Wildman–Crippen LogP) is 1.79. The number of nitrogens with one attached hydrogen (secondary N) is 1. The van der Waals surface area contributed by atoms with Crippen LogP contribution < -0.4 is 5.32 Å². The van der Waals surface area contributed by atoms with E-state index in [1.807, 2.05) is 18.2 Å². The second-order valence-electron chi connectivity index (χ2n) is 3.62. The summed E-state index contributed by atoms with van der Waals surface area (Å²) in [5.74, 6) is 0.169. The Balaban J connectivity index is 1.98. The van der Waals surface area contributed by atoms with Gasteiger partial charge in [-0.1, -0.05) is 30.3 Å². The van der Waals surface area contributed by atoms with Crippen molar-refractivity contribution in [2.75, 3.05) is 13.1 Å². The molecular formula is C11H14FN. The molecule has 1 fully saturated rings. The number of halogens is 1. The van der Waals surface area contributed by atoms with Gasteiger partial charge in [-0.15, -0.1) is 0 Å². The van der Waals surface area contributed by atoms with E-state index in [1.165, 1.54) is 5.56 Å². The van der Waals surface area contributed by atoms with Crippen LogP contribution >= 0.6 is 0 Å². The number of hydrogen-bond donors (Lipinski definition) is 1. The van der Waals surface area contributed by atoms with Crippen molar-refractivity contribution < 1.29 is 4.39 Å². The average Bonchev–Trinajstić information content (AvgIpc) is 2.54. The Kier molecular flexibility index (Phi) is 2.60. The highest BCUT2D eigenvalue weighted by molar-refractivity contribution is 5.16. The molecule has 0 spiro atoms. The highest BCUT2D eigenvalue weighted by atomic mass is 19.1. The summed E-state index contributed by atoms with van der Waals surface area (Å²) in [6.07, 6.45) is 0.190. The number of benzene rings is 1. The van der Waals surface area contributed by atoms with E-state index in [1.54, 1.807) is 0 Å². The minimum absolute atomic E-state index is 0.169. The summed E-state index contributed by atoms with van der Waals surface area (Å²) in [7, 11) is 0. The van der Waals surface area contributed by atoms with Crippen LogP contribution in [0.2, 0.25) is 0 Å². The highest BCUT2D eigenvalue weighted by Gasteiger charge is 2.26. The van der Waals surface area contributed by atoms with Gasteiger partial charge in [0.1, 0.15) is 6.17 Å². The molecule has 0 radical (unpaired) electrons. The van der Waals surface area contributed by atoms with E-state index in [9.17, 15) is 4.39 Å². The molecule has 0 bridgehead atoms. The standard InChI is InChI=1S/C11H14FN/c12-11-8-13-7-10(11)6-9-4-2-1-3-5-9/h1-5,10-11,13H,6-8H2/t10-,11+/m0/s1. The summed E-state index contributed by atoms with van der Waals surface area (Å²) in [6.45, 7) is 1.34. The molecule has 0 aromatic heterocycles. The summed E-state index contributed by atoms with van der Waals surface area (Å²) < 4.78 is 13.2. The van der Waals surface area contributed by atoms with E-state index < -0.39 is 6.17 Å². The first-order chi connectivity index (χ1) is 6.36. The number of alkyl halides is 1. The fourth-order valence-corrected chi connectivity index (χ4v) is 1.82. The first kappa shape index (κ1) is 8.70. The van der Waals surface area contributed by atoms with E-state index in [0.717, 1.165) is 13.0 Å². The van der Waals surface area contributed by atoms with E-state index in [2.05, 4.69) is 17.4 Å². The van der Waals surface area contributed by atoms with Crippen molar-refractivity contribution in [3.63, 3.8) is 0 Å². The average molecular weight is 179 g/mol. The zero-order chi connectivity index (χ0) is 9.10. The maximum absolute atomic E-state index is 13.2. The molecule has 2 rings (SSSR count). The first-order valence-corrected chi connectivity index (χ1v) is 4.75. The molecule has 1 nitrogen and oxygen atoms in total. The molecule has 0 amide bonds. The summed E-state index contributed by atoms with van der Waals surface area (Å²) >= 11 is 0. The van der Waals surface area contributed by atoms with Gasteiger partial charge < -0.3 is 5.32 Å². The predicted molar refractivity (Wildman–Crippen MR) is 51.4 cm³/mol. The maximum Gasteiger partial charge on any atom is 0.117 e. The molecule has 70 valence electrons. The van der Waals surface area contributed by atoms with Crippen molar-refractivity contribution in [3.8, 4) is 0 Å². The molecule has 0 unspecified atom stereocenters. The molecule has 1 aromatic rings. The third-order valence-corrected chi connectivity index (χ3v) is 2.60. The smallest absolute Gasteiger partial charge is 0.117 e. The largest absolute Gasteiger partial charge is 0.313 e. The van der Waals surface area contributed by atoms with Gasteiger partial charge in [0.2, 0.25) is 0 Å². The minimum Gasteiger partial charge on any atom is -0.313 e. The van der Waals surface area contributed by atoms with Crippen molar-refractivity contribution in [2.45, 2.75) is 12.6 Å². The zero-order valence-corrected chi connectivity index (χ0v) is 7.54. The number of rotatable bonds is 2. The SMILES string of the molecule is F[C@@H]1CNC[C@@H]1Cc1ccccc1. The van der Waals surface area contributed by atoms with E-state index in [0.29, 0.717) is 6.54 Å². The second kappa shape index (κ2) is 3.88. The fraction of sp³-hybridized carbons (Fsp3) is 0.455. The summed E-state index contributed by atoms with van der Waals surface area (Å²) in [5.41, 5.74) is 1.24. The lowest BCUT2D eigenvalue weighted by Gasteiger charge is -2.10. The Bertz CT molecular complexity index is 260. The summed E-state index contributed by atoms with van der Waals surface area (Å²) in [5, 5.41) is 3.07. The normalized spacial score (nSPS) is 27.8. The number of hydrogen-bond acceptors (Lipinski definition) is 1. The quantitative estimate of drug-likeness (QED) is 0.729. The Morgan fingerprint density at radius 2 is 2.00 bits per heavy atom. The van der Waals surface area contributed by atoms with Gasteiger partial charge in [-0.2, -0.15) is 0 Å². The lowest BCUT2D eigenvalue weighted by atomic mass is 9.98. The van der Waals surface area contributed by atoms with Gasteiger partial charge in [0.05, 0.1) is 0 Å². The lowest BCUT2D eigenvalue weighted by Crippen LogP contribution is -2.15. The lowest BCUT2D eigenvalue weighted by molar-refractivity contribution is 0.282. The molecule has 0 aliphatic carbocycles. The van der Waals surface area contributed by atoms with Gasteiger partial charge in [0, 0.05) is 19.0 Å². The fourth-order valence-electron chi connectivity index (χ4n) is 1.82. The van der Waals surface area contributed by atoms with Crippen LogP contribution in [0.4, 0.5) is 4.39 Å². The molecule has 13 heavy (non-hydrogen) atoms. The Labute approximate surface area is 78.0 Å². The second-order valence-corrected chi connectivity index (χ2v) is 3.62. The van der Waals surface area contributed by atoms with Crippen LogP contribution in [0.1, 0.15) is 5.56 Å². The monoisotopic (exact) mass is 179 g/mol. The van der Waals surface area contributed by atoms with Gasteiger partial charge in [-0.05, 0) is 12.0 Å². The van der Waals surface area contributed by atoms with Crippen molar-refractivity contribution >= 4 is 0 Å². The van der Waals surface area contributed by atoms with Gasteiger partial charge in [-0.3, -0.25) is 0 Å². The van der Waals surface area contributed by atoms with Crippen molar-refractivity contribution in [1.82, 2.24) is 5.32 Å². The maximum atomic E-state index is 13.2. The van der Waals surface area contributed by atoms with Gasteiger partial charge in [0.15, 0.2) is 0 Å². The van der Waals surface area contributed by atoms with Crippen LogP contribution in [-0.4, -0.2) is 19.3 Å². The Morgan fingerprint density at radius 3 is 2.62 bits per heavy atom. The molecule has 2 heteroatoms. The molecule has 1 heterocycles. The van der Waals surface area contributed by atoms with Crippen LogP contribution in [0.5, 0.6) is 0 Å². The van der Waals surface area contributed by atoms with Gasteiger partial charge >= 0.3 is 0 Å².